The number of hydrogen-bond donors (Lipinski definition) is 0. The zero-order valence-electron chi connectivity index (χ0n) is 23.5. The summed E-state index contributed by atoms with van der Waals surface area (Å²) < 4.78 is 8.51. The quantitative estimate of drug-likeness (QED) is 0.211. The van der Waals surface area contributed by atoms with E-state index in [4.69, 9.17) is 14.4 Å². The van der Waals surface area contributed by atoms with Crippen LogP contribution in [0.3, 0.4) is 0 Å². The molecule has 4 nitrogen and oxygen atoms in total. The fourth-order valence-corrected chi connectivity index (χ4v) is 7.05. The van der Waals surface area contributed by atoms with E-state index in [9.17, 15) is 0 Å². The second-order valence-corrected chi connectivity index (χ2v) is 11.4. The Morgan fingerprint density at radius 3 is 2.09 bits per heavy atom. The first-order valence-corrected chi connectivity index (χ1v) is 14.8. The molecule has 0 N–H and O–H groups in total. The maximum absolute atomic E-state index is 6.15. The number of para-hydroxylation sites is 3. The Bertz CT molecular complexity index is 2610. The molecule has 0 spiro atoms. The van der Waals surface area contributed by atoms with Gasteiger partial charge in [0.25, 0.3) is 0 Å². The molecule has 204 valence electrons. The van der Waals surface area contributed by atoms with E-state index in [1.54, 1.807) is 0 Å². The van der Waals surface area contributed by atoms with Crippen molar-refractivity contribution in [2.45, 2.75) is 0 Å². The topological polar surface area (TPSA) is 43.9 Å². The van der Waals surface area contributed by atoms with E-state index in [1.807, 2.05) is 24.3 Å². The van der Waals surface area contributed by atoms with Crippen molar-refractivity contribution in [1.82, 2.24) is 14.5 Å². The van der Waals surface area contributed by atoms with Gasteiger partial charge in [0.15, 0.2) is 5.82 Å². The Labute approximate surface area is 252 Å². The number of rotatable bonds is 2. The Morgan fingerprint density at radius 2 is 1.18 bits per heavy atom. The Hall–Kier alpha value is -6.00. The van der Waals surface area contributed by atoms with Crippen LogP contribution in [0.5, 0.6) is 0 Å². The molecule has 3 aromatic heterocycles. The fourth-order valence-electron chi connectivity index (χ4n) is 7.05. The smallest absolute Gasteiger partial charge is 0.162 e. The lowest BCUT2D eigenvalue weighted by atomic mass is 9.92. The average molecular weight is 562 g/mol. The summed E-state index contributed by atoms with van der Waals surface area (Å²) in [4.78, 5) is 10.8. The van der Waals surface area contributed by atoms with Crippen LogP contribution < -0.4 is 0 Å². The average Bonchev–Trinajstić information content (AvgIpc) is 3.60. The summed E-state index contributed by atoms with van der Waals surface area (Å²) in [5, 5.41) is 4.57. The van der Waals surface area contributed by atoms with Gasteiger partial charge in [0.1, 0.15) is 17.0 Å². The van der Waals surface area contributed by atoms with Gasteiger partial charge in [0, 0.05) is 38.2 Å². The molecule has 1 aliphatic rings. The molecule has 0 saturated carbocycles. The maximum Gasteiger partial charge on any atom is 0.162 e. The van der Waals surface area contributed by atoms with E-state index < -0.39 is 0 Å². The van der Waals surface area contributed by atoms with Crippen molar-refractivity contribution in [2.75, 3.05) is 0 Å². The van der Waals surface area contributed by atoms with Gasteiger partial charge in [-0.05, 0) is 41.5 Å². The molecule has 9 aromatic rings. The number of aromatic nitrogens is 3. The SMILES string of the molecule is c1ccc(-c2nc(-c3ccc4oc5ccccc5c4c3)nc3c2-c2ccccc2-c2cccc4c5ccccc5n-3c24)cc1. The molecule has 0 fully saturated rings. The molecule has 6 aromatic carbocycles. The fraction of sp³-hybridized carbons (Fsp3) is 0. The van der Waals surface area contributed by atoms with Crippen LogP contribution in [0.25, 0.3) is 94.5 Å². The van der Waals surface area contributed by atoms with Crippen molar-refractivity contribution in [3.8, 4) is 50.7 Å². The lowest BCUT2D eigenvalue weighted by Gasteiger charge is -2.17. The highest BCUT2D eigenvalue weighted by atomic mass is 16.3. The first-order chi connectivity index (χ1) is 21.8. The molecule has 4 heterocycles. The number of fused-ring (bicyclic) bond motifs is 11. The highest BCUT2D eigenvalue weighted by molar-refractivity contribution is 6.17. The van der Waals surface area contributed by atoms with Crippen LogP contribution in [0, 0.1) is 0 Å². The van der Waals surface area contributed by atoms with E-state index in [-0.39, 0.29) is 0 Å². The molecule has 0 radical (unpaired) electrons. The van der Waals surface area contributed by atoms with Crippen LogP contribution in [0.15, 0.2) is 144 Å². The van der Waals surface area contributed by atoms with E-state index in [1.165, 1.54) is 27.4 Å². The summed E-state index contributed by atoms with van der Waals surface area (Å²) in [6, 6.07) is 48.9. The summed E-state index contributed by atoms with van der Waals surface area (Å²) >= 11 is 0. The van der Waals surface area contributed by atoms with Crippen LogP contribution in [0.2, 0.25) is 0 Å². The number of furan rings is 1. The minimum absolute atomic E-state index is 0.678. The second kappa shape index (κ2) is 8.76. The van der Waals surface area contributed by atoms with E-state index in [2.05, 4.69) is 120 Å². The van der Waals surface area contributed by atoms with Crippen molar-refractivity contribution >= 4 is 43.7 Å². The molecule has 0 saturated heterocycles. The van der Waals surface area contributed by atoms with Gasteiger partial charge >= 0.3 is 0 Å². The molecule has 0 bridgehead atoms. The lowest BCUT2D eigenvalue weighted by Crippen LogP contribution is -2.05. The van der Waals surface area contributed by atoms with E-state index in [0.717, 1.165) is 61.2 Å². The zero-order chi connectivity index (χ0) is 28.8. The standard InChI is InChI=1S/C40H23N3O/c1-2-11-24(12-3-1)37-36-29-16-5-4-13-26(29)30-17-10-18-31-27-14-6-8-19-33(27)43(38(30)31)40(36)42-39(41-37)25-21-22-35-32(23-25)28-15-7-9-20-34(28)44-35/h1-23H. The van der Waals surface area contributed by atoms with Gasteiger partial charge in [-0.1, -0.05) is 109 Å². The van der Waals surface area contributed by atoms with Crippen LogP contribution >= 0.6 is 0 Å². The lowest BCUT2D eigenvalue weighted by molar-refractivity contribution is 0.669. The summed E-state index contributed by atoms with van der Waals surface area (Å²) in [7, 11) is 0. The van der Waals surface area contributed by atoms with Crippen LogP contribution in [-0.2, 0) is 0 Å². The molecule has 44 heavy (non-hydrogen) atoms. The molecular formula is C40H23N3O. The Kier molecular flexibility index (Phi) is 4.69. The van der Waals surface area contributed by atoms with Gasteiger partial charge < -0.3 is 4.42 Å². The third-order valence-electron chi connectivity index (χ3n) is 8.97. The van der Waals surface area contributed by atoms with Crippen molar-refractivity contribution in [3.05, 3.63) is 140 Å². The van der Waals surface area contributed by atoms with Gasteiger partial charge in [-0.3, -0.25) is 4.57 Å². The Balaban J connectivity index is 1.39. The molecule has 1 aliphatic heterocycles. The van der Waals surface area contributed by atoms with Crippen molar-refractivity contribution < 1.29 is 4.42 Å². The van der Waals surface area contributed by atoms with Crippen molar-refractivity contribution in [2.24, 2.45) is 0 Å². The largest absolute Gasteiger partial charge is 0.456 e. The van der Waals surface area contributed by atoms with Gasteiger partial charge in [-0.2, -0.15) is 0 Å². The zero-order valence-corrected chi connectivity index (χ0v) is 23.5. The van der Waals surface area contributed by atoms with Crippen molar-refractivity contribution in [1.29, 1.82) is 0 Å². The van der Waals surface area contributed by atoms with Gasteiger partial charge in [-0.15, -0.1) is 0 Å². The Morgan fingerprint density at radius 1 is 0.477 bits per heavy atom. The third kappa shape index (κ3) is 3.17. The normalized spacial score (nSPS) is 12.1. The first kappa shape index (κ1) is 23.6. The predicted octanol–water partition coefficient (Wildman–Crippen LogP) is 10.5. The number of hydrogen-bond acceptors (Lipinski definition) is 3. The molecule has 0 atom stereocenters. The van der Waals surface area contributed by atoms with Gasteiger partial charge in [0.2, 0.25) is 0 Å². The van der Waals surface area contributed by atoms with Crippen LogP contribution in [0.1, 0.15) is 0 Å². The van der Waals surface area contributed by atoms with Crippen LogP contribution in [0.4, 0.5) is 0 Å². The highest BCUT2D eigenvalue weighted by Crippen LogP contribution is 2.49. The predicted molar refractivity (Wildman–Crippen MR) is 179 cm³/mol. The molecule has 0 unspecified atom stereocenters. The van der Waals surface area contributed by atoms with Crippen molar-refractivity contribution in [3.63, 3.8) is 0 Å². The van der Waals surface area contributed by atoms with Gasteiger partial charge in [0.05, 0.1) is 22.3 Å². The van der Waals surface area contributed by atoms with Crippen LogP contribution in [-0.4, -0.2) is 14.5 Å². The summed E-state index contributed by atoms with van der Waals surface area (Å²) in [5.74, 6) is 1.56. The molecule has 10 rings (SSSR count). The van der Waals surface area contributed by atoms with Gasteiger partial charge in [-0.25, -0.2) is 9.97 Å². The first-order valence-electron chi connectivity index (χ1n) is 14.8. The minimum atomic E-state index is 0.678. The molecule has 0 aliphatic carbocycles. The molecule has 4 heteroatoms. The molecule has 0 amide bonds. The second-order valence-electron chi connectivity index (χ2n) is 11.4. The summed E-state index contributed by atoms with van der Waals surface area (Å²) in [5.41, 5.74) is 11.5. The van der Waals surface area contributed by atoms with E-state index in [0.29, 0.717) is 5.82 Å². The minimum Gasteiger partial charge on any atom is -0.456 e. The summed E-state index contributed by atoms with van der Waals surface area (Å²) in [6.07, 6.45) is 0. The summed E-state index contributed by atoms with van der Waals surface area (Å²) in [6.45, 7) is 0. The molecular weight excluding hydrogens is 538 g/mol. The monoisotopic (exact) mass is 561 g/mol. The van der Waals surface area contributed by atoms with E-state index >= 15 is 0 Å². The number of benzene rings is 6. The number of nitrogens with zero attached hydrogens (tertiary/aromatic N) is 3. The highest BCUT2D eigenvalue weighted by Gasteiger charge is 2.29. The maximum atomic E-state index is 6.15. The third-order valence-corrected chi connectivity index (χ3v) is 8.97.